The molecule has 0 aromatic heterocycles. The van der Waals surface area contributed by atoms with Gasteiger partial charge in [0.15, 0.2) is 0 Å². The number of likely N-dealkylation sites (tertiary alicyclic amines) is 1. The number of benzene rings is 2. The molecule has 0 spiro atoms. The highest BCUT2D eigenvalue weighted by molar-refractivity contribution is 6.46. The van der Waals surface area contributed by atoms with Crippen molar-refractivity contribution in [1.82, 2.24) is 4.90 Å². The summed E-state index contributed by atoms with van der Waals surface area (Å²) in [5.41, 5.74) is 1.88. The van der Waals surface area contributed by atoms with Gasteiger partial charge in [0.25, 0.3) is 17.6 Å². The number of nitrogens with one attached hydrogen (secondary N) is 1. The number of aryl methyl sites for hydroxylation is 1. The van der Waals surface area contributed by atoms with Gasteiger partial charge in [-0.3, -0.25) is 14.4 Å². The Morgan fingerprint density at radius 1 is 1.00 bits per heavy atom. The van der Waals surface area contributed by atoms with Gasteiger partial charge in [-0.1, -0.05) is 41.4 Å². The van der Waals surface area contributed by atoms with Gasteiger partial charge in [0.2, 0.25) is 0 Å². The molecule has 3 rings (SSSR count). The van der Waals surface area contributed by atoms with Crippen molar-refractivity contribution in [1.29, 1.82) is 0 Å². The molecule has 2 atom stereocenters. The fraction of sp³-hybridized carbons (Fsp3) is 0.348. The van der Waals surface area contributed by atoms with Crippen molar-refractivity contribution in [2.45, 2.75) is 52.1 Å². The maximum absolute atomic E-state index is 13.3. The molecular formula is C23H25ClN2O3. The predicted molar refractivity (Wildman–Crippen MR) is 115 cm³/mol. The molecule has 5 nitrogen and oxygen atoms in total. The summed E-state index contributed by atoms with van der Waals surface area (Å²) in [5.74, 6) is -1.63. The Morgan fingerprint density at radius 3 is 2.24 bits per heavy atom. The van der Waals surface area contributed by atoms with E-state index >= 15 is 0 Å². The lowest BCUT2D eigenvalue weighted by Crippen LogP contribution is -2.47. The lowest BCUT2D eigenvalue weighted by Gasteiger charge is -2.39. The molecule has 1 aliphatic rings. The van der Waals surface area contributed by atoms with Crippen molar-refractivity contribution in [3.8, 4) is 0 Å². The molecule has 1 fully saturated rings. The summed E-state index contributed by atoms with van der Waals surface area (Å²) in [6.07, 6.45) is 2.95. The van der Waals surface area contributed by atoms with Crippen LogP contribution in [0, 0.1) is 6.92 Å². The van der Waals surface area contributed by atoms with Crippen LogP contribution in [0.2, 0.25) is 5.02 Å². The fourth-order valence-corrected chi connectivity index (χ4v) is 3.95. The summed E-state index contributed by atoms with van der Waals surface area (Å²) in [6, 6.07) is 11.7. The number of Topliss-reactive ketones (excluding diaryl/α,β-unsaturated/α-hetero) is 1. The van der Waals surface area contributed by atoms with Crippen LogP contribution in [0.15, 0.2) is 42.5 Å². The molecule has 1 heterocycles. The number of piperidine rings is 1. The van der Waals surface area contributed by atoms with Crippen LogP contribution in [0.5, 0.6) is 0 Å². The standard InChI is InChI=1S/C23H25ClN2O3/c1-14-7-9-17(10-8-14)21(27)22(28)25-20-12-11-18(24)13-19(20)23(29)26-15(2)5-4-6-16(26)3/h7-13,15-16H,4-6H2,1-3H3,(H,25,28)/t15-,16+. The monoisotopic (exact) mass is 412 g/mol. The van der Waals surface area contributed by atoms with Crippen molar-refractivity contribution < 1.29 is 14.4 Å². The topological polar surface area (TPSA) is 66.5 Å². The van der Waals surface area contributed by atoms with E-state index in [1.165, 1.54) is 0 Å². The van der Waals surface area contributed by atoms with Crippen molar-refractivity contribution >= 4 is 34.9 Å². The van der Waals surface area contributed by atoms with Crippen molar-refractivity contribution in [2.75, 3.05) is 5.32 Å². The van der Waals surface area contributed by atoms with Crippen LogP contribution in [-0.2, 0) is 4.79 Å². The van der Waals surface area contributed by atoms with Crippen molar-refractivity contribution in [3.05, 3.63) is 64.2 Å². The molecule has 29 heavy (non-hydrogen) atoms. The molecule has 2 amide bonds. The summed E-state index contributed by atoms with van der Waals surface area (Å²) in [4.78, 5) is 40.1. The second-order valence-corrected chi connectivity index (χ2v) is 8.12. The molecule has 0 saturated carbocycles. The highest BCUT2D eigenvalue weighted by Gasteiger charge is 2.31. The average molecular weight is 413 g/mol. The van der Waals surface area contributed by atoms with E-state index in [9.17, 15) is 14.4 Å². The fourth-order valence-electron chi connectivity index (χ4n) is 3.78. The highest BCUT2D eigenvalue weighted by Crippen LogP contribution is 2.29. The number of carbonyl (C=O) groups is 3. The molecule has 0 aliphatic carbocycles. The minimum absolute atomic E-state index is 0.1000. The first-order chi connectivity index (χ1) is 13.8. The third-order valence-corrected chi connectivity index (χ3v) is 5.64. The number of hydrogen-bond donors (Lipinski definition) is 1. The Kier molecular flexibility index (Phi) is 6.38. The SMILES string of the molecule is Cc1ccc(C(=O)C(=O)Nc2ccc(Cl)cc2C(=O)N2[C@H](C)CCC[C@@H]2C)cc1. The second-order valence-electron chi connectivity index (χ2n) is 7.68. The van der Waals surface area contributed by atoms with Crippen LogP contribution in [0.25, 0.3) is 0 Å². The third kappa shape index (κ3) is 4.67. The molecule has 2 aromatic rings. The molecule has 0 unspecified atom stereocenters. The normalized spacial score (nSPS) is 19.0. The molecule has 1 aliphatic heterocycles. The van der Waals surface area contributed by atoms with Gasteiger partial charge in [0, 0.05) is 22.7 Å². The van der Waals surface area contributed by atoms with Gasteiger partial charge in [0.05, 0.1) is 11.3 Å². The van der Waals surface area contributed by atoms with Crippen LogP contribution in [0.3, 0.4) is 0 Å². The summed E-state index contributed by atoms with van der Waals surface area (Å²) in [6.45, 7) is 5.96. The second kappa shape index (κ2) is 8.78. The molecule has 1 saturated heterocycles. The van der Waals surface area contributed by atoms with Gasteiger partial charge in [-0.25, -0.2) is 0 Å². The lowest BCUT2D eigenvalue weighted by atomic mass is 9.96. The molecule has 2 aromatic carbocycles. The highest BCUT2D eigenvalue weighted by atomic mass is 35.5. The zero-order valence-electron chi connectivity index (χ0n) is 16.9. The number of anilines is 1. The minimum Gasteiger partial charge on any atom is -0.333 e. The zero-order chi connectivity index (χ0) is 21.1. The zero-order valence-corrected chi connectivity index (χ0v) is 17.6. The van der Waals surface area contributed by atoms with Crippen LogP contribution < -0.4 is 5.32 Å². The largest absolute Gasteiger partial charge is 0.333 e. The first-order valence-corrected chi connectivity index (χ1v) is 10.2. The maximum atomic E-state index is 13.3. The van der Waals surface area contributed by atoms with Crippen LogP contribution >= 0.6 is 11.6 Å². The van der Waals surface area contributed by atoms with Crippen molar-refractivity contribution in [2.24, 2.45) is 0 Å². The molecule has 6 heteroatoms. The molecule has 0 bridgehead atoms. The van der Waals surface area contributed by atoms with E-state index in [1.807, 2.05) is 25.7 Å². The van der Waals surface area contributed by atoms with Gasteiger partial charge in [-0.15, -0.1) is 0 Å². The van der Waals surface area contributed by atoms with Gasteiger partial charge in [0.1, 0.15) is 0 Å². The van der Waals surface area contributed by atoms with Gasteiger partial charge < -0.3 is 10.2 Å². The van der Waals surface area contributed by atoms with Gasteiger partial charge in [-0.2, -0.15) is 0 Å². The van der Waals surface area contributed by atoms with Crippen LogP contribution in [0.4, 0.5) is 5.69 Å². The Labute approximate surface area is 176 Å². The van der Waals surface area contributed by atoms with E-state index < -0.39 is 11.7 Å². The minimum atomic E-state index is -0.787. The maximum Gasteiger partial charge on any atom is 0.296 e. The van der Waals surface area contributed by atoms with E-state index in [0.717, 1.165) is 24.8 Å². The van der Waals surface area contributed by atoms with Crippen LogP contribution in [0.1, 0.15) is 59.4 Å². The van der Waals surface area contributed by atoms with Crippen LogP contribution in [-0.4, -0.2) is 34.6 Å². The van der Waals surface area contributed by atoms with E-state index in [4.69, 9.17) is 11.6 Å². The van der Waals surface area contributed by atoms with E-state index in [-0.39, 0.29) is 23.7 Å². The van der Waals surface area contributed by atoms with Crippen molar-refractivity contribution in [3.63, 3.8) is 0 Å². The van der Waals surface area contributed by atoms with E-state index in [1.54, 1.807) is 42.5 Å². The Bertz CT molecular complexity index is 930. The quantitative estimate of drug-likeness (QED) is 0.575. The Balaban J connectivity index is 1.86. The van der Waals surface area contributed by atoms with E-state index in [2.05, 4.69) is 5.32 Å². The molecular weight excluding hydrogens is 388 g/mol. The summed E-state index contributed by atoms with van der Waals surface area (Å²) < 4.78 is 0. The number of hydrogen-bond acceptors (Lipinski definition) is 3. The number of rotatable bonds is 4. The smallest absolute Gasteiger partial charge is 0.296 e. The predicted octanol–water partition coefficient (Wildman–Crippen LogP) is 4.87. The Morgan fingerprint density at radius 2 is 1.62 bits per heavy atom. The Hall–Kier alpha value is -2.66. The van der Waals surface area contributed by atoms with E-state index in [0.29, 0.717) is 16.1 Å². The molecule has 152 valence electrons. The number of nitrogens with zero attached hydrogens (tertiary/aromatic N) is 1. The van der Waals surface area contributed by atoms with Gasteiger partial charge >= 0.3 is 0 Å². The number of carbonyl (C=O) groups excluding carboxylic acids is 3. The lowest BCUT2D eigenvalue weighted by molar-refractivity contribution is -0.112. The summed E-state index contributed by atoms with van der Waals surface area (Å²) in [7, 11) is 0. The summed E-state index contributed by atoms with van der Waals surface area (Å²) in [5, 5.41) is 3.00. The number of amides is 2. The third-order valence-electron chi connectivity index (χ3n) is 5.41. The number of ketones is 1. The molecule has 1 N–H and O–H groups in total. The first kappa shape index (κ1) is 21.1. The average Bonchev–Trinajstić information content (AvgIpc) is 2.69. The number of halogens is 1. The first-order valence-electron chi connectivity index (χ1n) is 9.82. The molecule has 0 radical (unpaired) electrons. The van der Waals surface area contributed by atoms with Gasteiger partial charge in [-0.05, 0) is 58.2 Å². The summed E-state index contributed by atoms with van der Waals surface area (Å²) >= 11 is 6.13.